The molecule has 0 radical (unpaired) electrons. The fourth-order valence-electron chi connectivity index (χ4n) is 0.306. The van der Waals surface area contributed by atoms with Gasteiger partial charge in [-0.15, -0.1) is 0 Å². The van der Waals surface area contributed by atoms with Crippen LogP contribution < -0.4 is 0 Å². The van der Waals surface area contributed by atoms with Crippen molar-refractivity contribution in [3.63, 3.8) is 0 Å². The van der Waals surface area contributed by atoms with Gasteiger partial charge in [0.15, 0.2) is 0 Å². The van der Waals surface area contributed by atoms with Crippen LogP contribution >= 0.6 is 0 Å². The highest BCUT2D eigenvalue weighted by atomic mass is 16.6. The molecule has 0 aromatic carbocycles. The minimum absolute atomic E-state index is 0.0370. The SMILES string of the molecule is CO/N=C(C#N)/C(C)=N/O. The zero-order valence-corrected chi connectivity index (χ0v) is 5.70. The maximum Gasteiger partial charge on any atom is 0.204 e. The second-order valence-electron chi connectivity index (χ2n) is 1.42. The molecule has 0 aromatic rings. The van der Waals surface area contributed by atoms with E-state index in [1.165, 1.54) is 14.0 Å². The summed E-state index contributed by atoms with van der Waals surface area (Å²) in [6.07, 6.45) is 0. The fourth-order valence-corrected chi connectivity index (χ4v) is 0.306. The summed E-state index contributed by atoms with van der Waals surface area (Å²) in [6.45, 7) is 1.45. The van der Waals surface area contributed by atoms with Crippen LogP contribution in [0.3, 0.4) is 0 Å². The summed E-state index contributed by atoms with van der Waals surface area (Å²) in [5.74, 6) is 0. The molecule has 0 aliphatic heterocycles. The van der Waals surface area contributed by atoms with E-state index in [0.29, 0.717) is 0 Å². The molecule has 10 heavy (non-hydrogen) atoms. The second-order valence-corrected chi connectivity index (χ2v) is 1.42. The monoisotopic (exact) mass is 141 g/mol. The van der Waals surface area contributed by atoms with Crippen molar-refractivity contribution in [3.8, 4) is 6.07 Å². The largest absolute Gasteiger partial charge is 0.411 e. The Balaban J connectivity index is 4.41. The third kappa shape index (κ3) is 2.13. The Morgan fingerprint density at radius 3 is 2.60 bits per heavy atom. The van der Waals surface area contributed by atoms with Crippen LogP contribution in [0.2, 0.25) is 0 Å². The van der Waals surface area contributed by atoms with Gasteiger partial charge in [0.2, 0.25) is 5.71 Å². The lowest BCUT2D eigenvalue weighted by Crippen LogP contribution is -2.07. The van der Waals surface area contributed by atoms with Crippen LogP contribution in [0.1, 0.15) is 6.92 Å². The highest BCUT2D eigenvalue weighted by Crippen LogP contribution is 1.82. The highest BCUT2D eigenvalue weighted by molar-refractivity contribution is 6.47. The molecular weight excluding hydrogens is 134 g/mol. The van der Waals surface area contributed by atoms with Crippen LogP contribution in [0.25, 0.3) is 0 Å². The van der Waals surface area contributed by atoms with Crippen molar-refractivity contribution in [3.05, 3.63) is 0 Å². The standard InChI is InChI=1S/C5H7N3O2/c1-4(7-9)5(3-6)8-10-2/h9H,1-2H3/b7-4+,8-5+. The van der Waals surface area contributed by atoms with Gasteiger partial charge in [-0.2, -0.15) is 5.26 Å². The Morgan fingerprint density at radius 2 is 2.30 bits per heavy atom. The number of nitriles is 1. The molecule has 0 bridgehead atoms. The predicted molar refractivity (Wildman–Crippen MR) is 35.0 cm³/mol. The van der Waals surface area contributed by atoms with Gasteiger partial charge in [-0.1, -0.05) is 10.3 Å². The van der Waals surface area contributed by atoms with Crippen molar-refractivity contribution in [2.45, 2.75) is 6.92 Å². The molecule has 0 spiro atoms. The van der Waals surface area contributed by atoms with Gasteiger partial charge in [0, 0.05) is 0 Å². The van der Waals surface area contributed by atoms with Crippen molar-refractivity contribution < 1.29 is 10.0 Å². The van der Waals surface area contributed by atoms with Crippen molar-refractivity contribution in [2.75, 3.05) is 7.11 Å². The number of rotatable bonds is 2. The minimum atomic E-state index is -0.0370. The molecule has 0 rings (SSSR count). The Kier molecular flexibility index (Phi) is 3.64. The molecule has 0 aliphatic carbocycles. The van der Waals surface area contributed by atoms with Gasteiger partial charge in [0.1, 0.15) is 18.9 Å². The average Bonchev–Trinajstić information content (AvgIpc) is 1.99. The molecular formula is C5H7N3O2. The molecule has 5 heteroatoms. The molecule has 0 unspecified atom stereocenters. The number of hydrogen-bond acceptors (Lipinski definition) is 5. The molecule has 0 heterocycles. The van der Waals surface area contributed by atoms with Crippen LogP contribution in [0.15, 0.2) is 10.3 Å². The first-order chi connectivity index (χ1) is 4.76. The lowest BCUT2D eigenvalue weighted by atomic mass is 10.3. The summed E-state index contributed by atoms with van der Waals surface area (Å²) in [6, 6.07) is 1.69. The highest BCUT2D eigenvalue weighted by Gasteiger charge is 2.01. The Hall–Kier alpha value is -1.57. The Bertz CT molecular complexity index is 201. The third-order valence-corrected chi connectivity index (χ3v) is 0.781. The summed E-state index contributed by atoms with van der Waals surface area (Å²) in [5, 5.41) is 22.5. The van der Waals surface area contributed by atoms with Gasteiger partial charge in [-0.3, -0.25) is 0 Å². The van der Waals surface area contributed by atoms with Crippen LogP contribution in [0.5, 0.6) is 0 Å². The first-order valence-electron chi connectivity index (χ1n) is 2.46. The van der Waals surface area contributed by atoms with Crippen LogP contribution in [-0.4, -0.2) is 23.7 Å². The van der Waals surface area contributed by atoms with E-state index < -0.39 is 0 Å². The van der Waals surface area contributed by atoms with Crippen molar-refractivity contribution in [1.29, 1.82) is 5.26 Å². The van der Waals surface area contributed by atoms with E-state index in [-0.39, 0.29) is 11.4 Å². The van der Waals surface area contributed by atoms with E-state index in [9.17, 15) is 0 Å². The van der Waals surface area contributed by atoms with E-state index in [4.69, 9.17) is 10.5 Å². The van der Waals surface area contributed by atoms with Crippen LogP contribution in [0.4, 0.5) is 0 Å². The van der Waals surface area contributed by atoms with E-state index >= 15 is 0 Å². The third-order valence-electron chi connectivity index (χ3n) is 0.781. The lowest BCUT2D eigenvalue weighted by molar-refractivity contribution is 0.214. The first kappa shape index (κ1) is 8.43. The second kappa shape index (κ2) is 4.32. The summed E-state index contributed by atoms with van der Waals surface area (Å²) in [4.78, 5) is 4.29. The maximum absolute atomic E-state index is 8.31. The van der Waals surface area contributed by atoms with E-state index in [2.05, 4.69) is 15.1 Å². The molecule has 54 valence electrons. The van der Waals surface area contributed by atoms with Gasteiger partial charge in [0.25, 0.3) is 0 Å². The first-order valence-corrected chi connectivity index (χ1v) is 2.46. The summed E-state index contributed by atoms with van der Waals surface area (Å²) < 4.78 is 0. The van der Waals surface area contributed by atoms with E-state index in [0.717, 1.165) is 0 Å². The summed E-state index contributed by atoms with van der Waals surface area (Å²) in [7, 11) is 1.31. The zero-order valence-electron chi connectivity index (χ0n) is 5.70. The summed E-state index contributed by atoms with van der Waals surface area (Å²) >= 11 is 0. The zero-order chi connectivity index (χ0) is 7.98. The molecule has 0 fully saturated rings. The van der Waals surface area contributed by atoms with Gasteiger partial charge < -0.3 is 10.0 Å². The molecule has 0 saturated heterocycles. The van der Waals surface area contributed by atoms with Gasteiger partial charge >= 0.3 is 0 Å². The van der Waals surface area contributed by atoms with Crippen LogP contribution in [0, 0.1) is 11.3 Å². The van der Waals surface area contributed by atoms with Crippen molar-refractivity contribution in [1.82, 2.24) is 0 Å². The smallest absolute Gasteiger partial charge is 0.204 e. The molecule has 0 aliphatic rings. The summed E-state index contributed by atoms with van der Waals surface area (Å²) in [5.41, 5.74) is 0.0920. The van der Waals surface area contributed by atoms with Gasteiger partial charge in [-0.25, -0.2) is 0 Å². The number of nitrogens with zero attached hydrogens (tertiary/aromatic N) is 3. The minimum Gasteiger partial charge on any atom is -0.411 e. The lowest BCUT2D eigenvalue weighted by Gasteiger charge is -1.90. The van der Waals surface area contributed by atoms with E-state index in [1.54, 1.807) is 6.07 Å². The maximum atomic E-state index is 8.31. The predicted octanol–water partition coefficient (Wildman–Crippen LogP) is 0.362. The number of oxime groups is 2. The van der Waals surface area contributed by atoms with E-state index in [1.807, 2.05) is 0 Å². The average molecular weight is 141 g/mol. The molecule has 1 N–H and O–H groups in total. The van der Waals surface area contributed by atoms with Crippen LogP contribution in [-0.2, 0) is 4.84 Å². The van der Waals surface area contributed by atoms with Gasteiger partial charge in [-0.05, 0) is 6.92 Å². The molecule has 0 atom stereocenters. The molecule has 5 nitrogen and oxygen atoms in total. The fraction of sp³-hybridized carbons (Fsp3) is 0.400. The molecule has 0 amide bonds. The Labute approximate surface area is 58.2 Å². The topological polar surface area (TPSA) is 78.0 Å². The molecule has 0 aromatic heterocycles. The quantitative estimate of drug-likeness (QED) is 0.342. The Morgan fingerprint density at radius 1 is 1.70 bits per heavy atom. The number of hydrogen-bond donors (Lipinski definition) is 1. The van der Waals surface area contributed by atoms with Gasteiger partial charge in [0.05, 0.1) is 0 Å². The molecule has 0 saturated carbocycles. The van der Waals surface area contributed by atoms with Crippen molar-refractivity contribution in [2.24, 2.45) is 10.3 Å². The van der Waals surface area contributed by atoms with Crippen molar-refractivity contribution >= 4 is 11.4 Å². The normalized spacial score (nSPS) is 12.5.